The molecule has 0 aliphatic carbocycles. The Morgan fingerprint density at radius 3 is 2.53 bits per heavy atom. The van der Waals surface area contributed by atoms with Crippen molar-refractivity contribution >= 4 is 29.1 Å². The van der Waals surface area contributed by atoms with Gasteiger partial charge in [-0.15, -0.1) is 0 Å². The Morgan fingerprint density at radius 2 is 2.06 bits per heavy atom. The van der Waals surface area contributed by atoms with Gasteiger partial charge in [-0.2, -0.15) is 4.37 Å². The predicted molar refractivity (Wildman–Crippen MR) is 66.1 cm³/mol. The van der Waals surface area contributed by atoms with Crippen LogP contribution in [0.2, 0.25) is 5.02 Å². The van der Waals surface area contributed by atoms with Crippen molar-refractivity contribution in [2.45, 2.75) is 0 Å². The molecule has 0 unspecified atom stereocenters. The van der Waals surface area contributed by atoms with Crippen LogP contribution >= 0.6 is 23.1 Å². The molecule has 1 N–H and O–H groups in total. The molecule has 0 amide bonds. The minimum atomic E-state index is -1.06. The number of carboxylic acids is 1. The molecule has 0 bridgehead atoms. The number of benzene rings is 1. The molecule has 88 valence electrons. The zero-order valence-electron chi connectivity index (χ0n) is 8.81. The van der Waals surface area contributed by atoms with Crippen LogP contribution in [0.3, 0.4) is 0 Å². The first-order valence-corrected chi connectivity index (χ1v) is 5.81. The first-order valence-electron chi connectivity index (χ1n) is 4.66. The average molecular weight is 270 g/mol. The number of aromatic nitrogens is 1. The van der Waals surface area contributed by atoms with E-state index in [4.69, 9.17) is 21.4 Å². The summed E-state index contributed by atoms with van der Waals surface area (Å²) in [5, 5.41) is 9.05. The van der Waals surface area contributed by atoms with Crippen LogP contribution in [0.4, 0.5) is 0 Å². The van der Waals surface area contributed by atoms with E-state index >= 15 is 0 Å². The molecular formula is C11H8ClNO3S. The number of hydrogen-bond donors (Lipinski definition) is 1. The van der Waals surface area contributed by atoms with Crippen LogP contribution in [0.1, 0.15) is 9.67 Å². The molecule has 0 atom stereocenters. The predicted octanol–water partition coefficient (Wildman–Crippen LogP) is 3.17. The number of methoxy groups -OCH3 is 1. The summed E-state index contributed by atoms with van der Waals surface area (Å²) in [6.45, 7) is 0. The molecule has 0 aliphatic heterocycles. The molecule has 0 radical (unpaired) electrons. The van der Waals surface area contributed by atoms with Gasteiger partial charge in [0.15, 0.2) is 4.88 Å². The number of aromatic carboxylic acids is 1. The van der Waals surface area contributed by atoms with Gasteiger partial charge in [0.25, 0.3) is 0 Å². The van der Waals surface area contributed by atoms with E-state index in [0.717, 1.165) is 22.8 Å². The summed E-state index contributed by atoms with van der Waals surface area (Å²) in [4.78, 5) is 10.9. The number of halogens is 1. The maximum Gasteiger partial charge on any atom is 0.349 e. The summed E-state index contributed by atoms with van der Waals surface area (Å²) in [7, 11) is 1.58. The van der Waals surface area contributed by atoms with E-state index in [9.17, 15) is 4.79 Å². The molecule has 0 saturated heterocycles. The Kier molecular flexibility index (Phi) is 3.31. The van der Waals surface area contributed by atoms with Crippen LogP contribution in [0.25, 0.3) is 11.3 Å². The molecule has 0 fully saturated rings. The van der Waals surface area contributed by atoms with E-state index < -0.39 is 5.97 Å². The maximum atomic E-state index is 10.8. The molecule has 1 aromatic heterocycles. The summed E-state index contributed by atoms with van der Waals surface area (Å²) in [5.41, 5.74) is 1.25. The van der Waals surface area contributed by atoms with E-state index in [-0.39, 0.29) is 9.90 Å². The van der Waals surface area contributed by atoms with Crippen molar-refractivity contribution in [3.63, 3.8) is 0 Å². The lowest BCUT2D eigenvalue weighted by Crippen LogP contribution is -1.92. The zero-order valence-corrected chi connectivity index (χ0v) is 10.4. The molecular weight excluding hydrogens is 262 g/mol. The number of hydrogen-bond acceptors (Lipinski definition) is 4. The molecule has 4 nitrogen and oxygen atoms in total. The highest BCUT2D eigenvalue weighted by Gasteiger charge is 2.18. The summed E-state index contributed by atoms with van der Waals surface area (Å²) in [6, 6.07) is 7.10. The van der Waals surface area contributed by atoms with E-state index in [2.05, 4.69) is 4.37 Å². The third kappa shape index (κ3) is 2.25. The minimum Gasteiger partial charge on any atom is -0.497 e. The fourth-order valence-electron chi connectivity index (χ4n) is 1.34. The lowest BCUT2D eigenvalue weighted by molar-refractivity contribution is 0.0702. The number of rotatable bonds is 3. The van der Waals surface area contributed by atoms with E-state index in [1.165, 1.54) is 0 Å². The second kappa shape index (κ2) is 4.73. The summed E-state index contributed by atoms with van der Waals surface area (Å²) >= 11 is 6.84. The third-order valence-corrected chi connectivity index (χ3v) is 3.51. The maximum absolute atomic E-state index is 10.8. The van der Waals surface area contributed by atoms with Gasteiger partial charge < -0.3 is 9.84 Å². The van der Waals surface area contributed by atoms with E-state index in [0.29, 0.717) is 5.69 Å². The molecule has 17 heavy (non-hydrogen) atoms. The van der Waals surface area contributed by atoms with Crippen LogP contribution in [0, 0.1) is 0 Å². The quantitative estimate of drug-likeness (QED) is 0.930. The lowest BCUT2D eigenvalue weighted by atomic mass is 10.1. The highest BCUT2D eigenvalue weighted by atomic mass is 35.5. The monoisotopic (exact) mass is 269 g/mol. The van der Waals surface area contributed by atoms with Crippen LogP contribution in [-0.2, 0) is 0 Å². The average Bonchev–Trinajstić information content (AvgIpc) is 2.71. The van der Waals surface area contributed by atoms with Crippen LogP contribution < -0.4 is 4.74 Å². The van der Waals surface area contributed by atoms with Gasteiger partial charge in [-0.1, -0.05) is 11.6 Å². The van der Waals surface area contributed by atoms with Crippen molar-refractivity contribution in [2.75, 3.05) is 7.11 Å². The van der Waals surface area contributed by atoms with Gasteiger partial charge in [-0.25, -0.2) is 4.79 Å². The van der Waals surface area contributed by atoms with Gasteiger partial charge in [0.1, 0.15) is 11.4 Å². The number of carboxylic acid groups (broad SMARTS) is 1. The van der Waals surface area contributed by atoms with Crippen LogP contribution in [0.5, 0.6) is 5.75 Å². The van der Waals surface area contributed by atoms with Crippen molar-refractivity contribution in [2.24, 2.45) is 0 Å². The highest BCUT2D eigenvalue weighted by molar-refractivity contribution is 7.09. The SMILES string of the molecule is COc1ccc(-c2nsc(C(=O)O)c2Cl)cc1. The first kappa shape index (κ1) is 11.9. The van der Waals surface area contributed by atoms with Gasteiger partial charge in [-0.3, -0.25) is 0 Å². The fourth-order valence-corrected chi connectivity index (χ4v) is 2.36. The Bertz CT molecular complexity index is 550. The Labute approximate surface area is 107 Å². The molecule has 0 saturated carbocycles. The van der Waals surface area contributed by atoms with Crippen LogP contribution in [0.15, 0.2) is 24.3 Å². The fraction of sp³-hybridized carbons (Fsp3) is 0.0909. The smallest absolute Gasteiger partial charge is 0.349 e. The molecule has 1 heterocycles. The molecule has 2 rings (SSSR count). The molecule has 6 heteroatoms. The van der Waals surface area contributed by atoms with Gasteiger partial charge >= 0.3 is 5.97 Å². The zero-order chi connectivity index (χ0) is 12.4. The standard InChI is InChI=1S/C11H8ClNO3S/c1-16-7-4-2-6(3-5-7)9-8(12)10(11(14)15)17-13-9/h2-5H,1H3,(H,14,15). The number of carbonyl (C=O) groups is 1. The number of ether oxygens (including phenoxy) is 1. The highest BCUT2D eigenvalue weighted by Crippen LogP contribution is 2.33. The molecule has 0 aliphatic rings. The Morgan fingerprint density at radius 1 is 1.41 bits per heavy atom. The molecule has 1 aromatic carbocycles. The minimum absolute atomic E-state index is 0.0532. The summed E-state index contributed by atoms with van der Waals surface area (Å²) in [6.07, 6.45) is 0. The summed E-state index contributed by atoms with van der Waals surface area (Å²) < 4.78 is 9.08. The second-order valence-electron chi connectivity index (χ2n) is 3.21. The number of nitrogens with zero attached hydrogens (tertiary/aromatic N) is 1. The molecule has 0 spiro atoms. The molecule has 2 aromatic rings. The van der Waals surface area contributed by atoms with Crippen LogP contribution in [-0.4, -0.2) is 22.6 Å². The van der Waals surface area contributed by atoms with E-state index in [1.54, 1.807) is 31.4 Å². The van der Waals surface area contributed by atoms with Gasteiger partial charge in [0.05, 0.1) is 12.1 Å². The van der Waals surface area contributed by atoms with E-state index in [1.807, 2.05) is 0 Å². The summed E-state index contributed by atoms with van der Waals surface area (Å²) in [5.74, 6) is -0.342. The van der Waals surface area contributed by atoms with Gasteiger partial charge in [-0.05, 0) is 35.8 Å². The first-order chi connectivity index (χ1) is 8.13. The topological polar surface area (TPSA) is 59.4 Å². The van der Waals surface area contributed by atoms with Crippen molar-refractivity contribution in [1.82, 2.24) is 4.37 Å². The van der Waals surface area contributed by atoms with Crippen molar-refractivity contribution < 1.29 is 14.6 Å². The lowest BCUT2D eigenvalue weighted by Gasteiger charge is -2.01. The largest absolute Gasteiger partial charge is 0.497 e. The third-order valence-electron chi connectivity index (χ3n) is 2.19. The second-order valence-corrected chi connectivity index (χ2v) is 4.36. The normalized spacial score (nSPS) is 10.2. The Hall–Kier alpha value is -1.59. The Balaban J connectivity index is 2.42. The van der Waals surface area contributed by atoms with Crippen molar-refractivity contribution in [3.8, 4) is 17.0 Å². The van der Waals surface area contributed by atoms with Crippen molar-refractivity contribution in [1.29, 1.82) is 0 Å². The van der Waals surface area contributed by atoms with Gasteiger partial charge in [0.2, 0.25) is 0 Å². The van der Waals surface area contributed by atoms with Crippen molar-refractivity contribution in [3.05, 3.63) is 34.2 Å². The van der Waals surface area contributed by atoms with Gasteiger partial charge in [0, 0.05) is 5.56 Å².